The minimum atomic E-state index is -4.67. The Morgan fingerprint density at radius 2 is 1.88 bits per heavy atom. The average Bonchev–Trinajstić information content (AvgIpc) is 2.63. The molecule has 0 saturated carbocycles. The van der Waals surface area contributed by atoms with E-state index >= 15 is 0 Å². The van der Waals surface area contributed by atoms with Gasteiger partial charge in [0.1, 0.15) is 17.8 Å². The first-order valence-electron chi connectivity index (χ1n) is 4.74. The van der Waals surface area contributed by atoms with Crippen LogP contribution in [0.15, 0.2) is 30.5 Å². The minimum Gasteiger partial charge on any atom is -0.406 e. The summed E-state index contributed by atoms with van der Waals surface area (Å²) in [5.41, 5.74) is 0.700. The van der Waals surface area contributed by atoms with E-state index in [2.05, 4.69) is 15.9 Å². The molecule has 0 unspecified atom stereocenters. The molecule has 1 heterocycles. The zero-order valence-electron chi connectivity index (χ0n) is 8.82. The van der Waals surface area contributed by atoms with E-state index in [1.807, 2.05) is 0 Å². The topological polar surface area (TPSA) is 27.1 Å². The van der Waals surface area contributed by atoms with Gasteiger partial charge < -0.3 is 9.30 Å². The van der Waals surface area contributed by atoms with Crippen LogP contribution >= 0.6 is 0 Å². The fourth-order valence-corrected chi connectivity index (χ4v) is 1.40. The number of hydrogen-bond donors (Lipinski definition) is 0. The number of benzene rings is 1. The molecule has 0 fully saturated rings. The number of nitrogens with zero attached hydrogens (tertiary/aromatic N) is 2. The van der Waals surface area contributed by atoms with Gasteiger partial charge in [-0.2, -0.15) is 0 Å². The molecule has 1 radical (unpaired) electrons. The summed E-state index contributed by atoms with van der Waals surface area (Å²) in [6.45, 7) is 1.77. The molecule has 3 nitrogen and oxygen atoms in total. The summed E-state index contributed by atoms with van der Waals surface area (Å²) in [5, 5.41) is 0. The van der Waals surface area contributed by atoms with Gasteiger partial charge in [-0.3, -0.25) is 0 Å². The third-order valence-electron chi connectivity index (χ3n) is 2.11. The highest BCUT2D eigenvalue weighted by molar-refractivity contribution is 5.38. The Labute approximate surface area is 95.5 Å². The molecule has 1 aromatic carbocycles. The lowest BCUT2D eigenvalue weighted by atomic mass is 10.3. The van der Waals surface area contributed by atoms with E-state index in [1.54, 1.807) is 17.7 Å². The number of ether oxygens (including phenoxy) is 1. The Morgan fingerprint density at radius 1 is 1.24 bits per heavy atom. The molecule has 0 bridgehead atoms. The maximum Gasteiger partial charge on any atom is 0.573 e. The quantitative estimate of drug-likeness (QED) is 0.808. The molecular weight excluding hydrogens is 233 g/mol. The third kappa shape index (κ3) is 2.77. The second-order valence-electron chi connectivity index (χ2n) is 3.33. The number of halogens is 3. The number of aryl methyl sites for hydroxylation is 1. The van der Waals surface area contributed by atoms with Gasteiger partial charge in [-0.1, -0.05) is 0 Å². The lowest BCUT2D eigenvalue weighted by molar-refractivity contribution is -0.274. The first-order valence-corrected chi connectivity index (χ1v) is 4.74. The number of aromatic nitrogens is 2. The maximum absolute atomic E-state index is 11.9. The van der Waals surface area contributed by atoms with Crippen molar-refractivity contribution >= 4 is 0 Å². The summed E-state index contributed by atoms with van der Waals surface area (Å²) in [4.78, 5) is 3.90. The summed E-state index contributed by atoms with van der Waals surface area (Å²) in [6, 6.07) is 5.54. The van der Waals surface area contributed by atoms with Crippen LogP contribution in [0.1, 0.15) is 5.82 Å². The summed E-state index contributed by atoms with van der Waals surface area (Å²) >= 11 is 0. The zero-order chi connectivity index (χ0) is 12.5. The predicted octanol–water partition coefficient (Wildman–Crippen LogP) is 2.88. The van der Waals surface area contributed by atoms with Gasteiger partial charge in [0.2, 0.25) is 0 Å². The van der Waals surface area contributed by atoms with Crippen LogP contribution in [0.25, 0.3) is 5.69 Å². The Bertz CT molecular complexity index is 502. The molecule has 89 valence electrons. The van der Waals surface area contributed by atoms with Crippen molar-refractivity contribution in [3.63, 3.8) is 0 Å². The van der Waals surface area contributed by atoms with Crippen molar-refractivity contribution in [2.24, 2.45) is 0 Å². The van der Waals surface area contributed by atoms with Gasteiger partial charge in [-0.15, -0.1) is 13.2 Å². The number of imidazole rings is 1. The van der Waals surface area contributed by atoms with Gasteiger partial charge >= 0.3 is 6.36 Å². The smallest absolute Gasteiger partial charge is 0.406 e. The van der Waals surface area contributed by atoms with Gasteiger partial charge in [0.05, 0.1) is 0 Å². The standard InChI is InChI=1S/C11H8F3N2O/c1-8-15-6-7-16(8)9-2-4-10(5-3-9)17-11(12,13)14/h2-5,7H,1H3. The van der Waals surface area contributed by atoms with E-state index in [-0.39, 0.29) is 5.75 Å². The normalized spacial score (nSPS) is 11.5. The van der Waals surface area contributed by atoms with Gasteiger partial charge in [0.15, 0.2) is 0 Å². The highest BCUT2D eigenvalue weighted by Crippen LogP contribution is 2.23. The molecule has 2 rings (SSSR count). The zero-order valence-corrected chi connectivity index (χ0v) is 8.82. The van der Waals surface area contributed by atoms with Crippen molar-refractivity contribution in [3.05, 3.63) is 42.5 Å². The van der Waals surface area contributed by atoms with E-state index in [9.17, 15) is 13.2 Å². The molecule has 6 heteroatoms. The number of alkyl halides is 3. The summed E-state index contributed by atoms with van der Waals surface area (Å²) in [7, 11) is 0. The maximum atomic E-state index is 11.9. The first kappa shape index (κ1) is 11.5. The van der Waals surface area contributed by atoms with Crippen LogP contribution in [-0.2, 0) is 0 Å². The highest BCUT2D eigenvalue weighted by atomic mass is 19.4. The van der Waals surface area contributed by atoms with Crippen LogP contribution in [0.5, 0.6) is 5.75 Å². The van der Waals surface area contributed by atoms with Crippen molar-refractivity contribution in [2.45, 2.75) is 13.3 Å². The fourth-order valence-electron chi connectivity index (χ4n) is 1.40. The van der Waals surface area contributed by atoms with Gasteiger partial charge in [0.25, 0.3) is 0 Å². The first-order chi connectivity index (χ1) is 7.96. The predicted molar refractivity (Wildman–Crippen MR) is 53.8 cm³/mol. The highest BCUT2D eigenvalue weighted by Gasteiger charge is 2.30. The Balaban J connectivity index is 2.22. The Morgan fingerprint density at radius 3 is 2.35 bits per heavy atom. The van der Waals surface area contributed by atoms with Crippen molar-refractivity contribution < 1.29 is 17.9 Å². The van der Waals surface area contributed by atoms with Crippen LogP contribution in [-0.4, -0.2) is 15.9 Å². The number of rotatable bonds is 2. The third-order valence-corrected chi connectivity index (χ3v) is 2.11. The summed E-state index contributed by atoms with van der Waals surface area (Å²) in [6.07, 6.45) is -0.409. The molecule has 0 atom stereocenters. The molecule has 17 heavy (non-hydrogen) atoms. The van der Waals surface area contributed by atoms with Crippen LogP contribution < -0.4 is 4.74 Å². The molecule has 0 N–H and O–H groups in total. The van der Waals surface area contributed by atoms with Crippen molar-refractivity contribution in [3.8, 4) is 11.4 Å². The molecule has 2 aromatic rings. The SMILES string of the molecule is Cc1n[c]cn1-c1ccc(OC(F)(F)F)cc1. The second kappa shape index (κ2) is 4.12. The molecule has 0 spiro atoms. The van der Waals surface area contributed by atoms with Crippen molar-refractivity contribution in [1.29, 1.82) is 0 Å². The lowest BCUT2D eigenvalue weighted by Crippen LogP contribution is -2.17. The Kier molecular flexibility index (Phi) is 2.79. The van der Waals surface area contributed by atoms with Crippen LogP contribution in [0.2, 0.25) is 0 Å². The van der Waals surface area contributed by atoms with Crippen LogP contribution in [0.3, 0.4) is 0 Å². The van der Waals surface area contributed by atoms with E-state index in [0.29, 0.717) is 11.5 Å². The average molecular weight is 241 g/mol. The molecule has 0 aliphatic rings. The second-order valence-corrected chi connectivity index (χ2v) is 3.33. The van der Waals surface area contributed by atoms with E-state index in [4.69, 9.17) is 0 Å². The molecule has 1 aromatic heterocycles. The summed E-state index contributed by atoms with van der Waals surface area (Å²) < 4.78 is 41.3. The monoisotopic (exact) mass is 241 g/mol. The molecule has 0 saturated heterocycles. The Hall–Kier alpha value is -1.98. The number of hydrogen-bond acceptors (Lipinski definition) is 2. The van der Waals surface area contributed by atoms with E-state index in [0.717, 1.165) is 0 Å². The van der Waals surface area contributed by atoms with Gasteiger partial charge in [-0.25, -0.2) is 4.98 Å². The van der Waals surface area contributed by atoms with Gasteiger partial charge in [-0.05, 0) is 31.2 Å². The summed E-state index contributed by atoms with van der Waals surface area (Å²) in [5.74, 6) is 0.456. The molecular formula is C11H8F3N2O. The lowest BCUT2D eigenvalue weighted by Gasteiger charge is -2.10. The van der Waals surface area contributed by atoms with Crippen molar-refractivity contribution in [1.82, 2.24) is 9.55 Å². The molecule has 0 aliphatic carbocycles. The molecule has 0 amide bonds. The van der Waals surface area contributed by atoms with Crippen LogP contribution in [0, 0.1) is 13.1 Å². The van der Waals surface area contributed by atoms with E-state index < -0.39 is 6.36 Å². The minimum absolute atomic E-state index is 0.247. The largest absolute Gasteiger partial charge is 0.573 e. The van der Waals surface area contributed by atoms with E-state index in [1.165, 1.54) is 24.3 Å². The van der Waals surface area contributed by atoms with Crippen LogP contribution in [0.4, 0.5) is 13.2 Å². The molecule has 0 aliphatic heterocycles. The van der Waals surface area contributed by atoms with Gasteiger partial charge in [0, 0.05) is 11.9 Å². The fraction of sp³-hybridized carbons (Fsp3) is 0.182. The van der Waals surface area contributed by atoms with Crippen molar-refractivity contribution in [2.75, 3.05) is 0 Å².